The lowest BCUT2D eigenvalue weighted by atomic mass is 10.1. The Kier molecular flexibility index (Phi) is 12.7. The fraction of sp³-hybridized carbons (Fsp3) is 0.727. The summed E-state index contributed by atoms with van der Waals surface area (Å²) in [6.07, 6.45) is 14.1. The van der Waals surface area contributed by atoms with E-state index in [1.807, 2.05) is 6.07 Å². The molecule has 0 aromatic heterocycles. The molecule has 0 spiro atoms. The smallest absolute Gasteiger partial charge is 0.207 e. The number of rotatable bonds is 16. The van der Waals surface area contributed by atoms with Gasteiger partial charge in [-0.3, -0.25) is 0 Å². The summed E-state index contributed by atoms with van der Waals surface area (Å²) >= 11 is 0. The third kappa shape index (κ3) is 9.18. The molecule has 0 saturated heterocycles. The van der Waals surface area contributed by atoms with Gasteiger partial charge in [0, 0.05) is 19.2 Å². The van der Waals surface area contributed by atoms with E-state index in [1.165, 1.54) is 51.4 Å². The van der Waals surface area contributed by atoms with Crippen LogP contribution in [-0.2, 0) is 10.0 Å². The topological polar surface area (TPSA) is 37.4 Å². The van der Waals surface area contributed by atoms with Gasteiger partial charge >= 0.3 is 0 Å². The average molecular weight is 381 g/mol. The van der Waals surface area contributed by atoms with Gasteiger partial charge in [0.15, 0.2) is 0 Å². The molecule has 149 valence electrons. The Bertz CT molecular complexity index is 527. The first-order chi connectivity index (χ1) is 12.6. The van der Waals surface area contributed by atoms with E-state index in [-0.39, 0.29) is 0 Å². The second-order valence-electron chi connectivity index (χ2n) is 7.17. The van der Waals surface area contributed by atoms with Crippen molar-refractivity contribution < 1.29 is 8.42 Å². The Morgan fingerprint density at radius 3 is 1.73 bits per heavy atom. The molecule has 0 amide bonds. The Hall–Kier alpha value is -0.870. The zero-order valence-corrected chi connectivity index (χ0v) is 17.7. The lowest BCUT2D eigenvalue weighted by Gasteiger charge is -2.22. The Morgan fingerprint density at radius 2 is 1.27 bits per heavy atom. The van der Waals surface area contributed by atoms with Crippen LogP contribution in [0.25, 0.3) is 0 Å². The third-order valence-electron chi connectivity index (χ3n) is 4.82. The number of benzene rings is 1. The molecule has 1 aromatic rings. The lowest BCUT2D eigenvalue weighted by Crippen LogP contribution is -2.33. The van der Waals surface area contributed by atoms with Crippen molar-refractivity contribution in [2.24, 2.45) is 0 Å². The summed E-state index contributed by atoms with van der Waals surface area (Å²) in [5, 5.41) is 0. The van der Waals surface area contributed by atoms with Crippen molar-refractivity contribution in [2.75, 3.05) is 13.1 Å². The zero-order chi connectivity index (χ0) is 19.1. The number of unbranched alkanes of at least 4 members (excludes halogenated alkanes) is 10. The van der Waals surface area contributed by atoms with Gasteiger partial charge in [-0.25, -0.2) is 8.42 Å². The van der Waals surface area contributed by atoms with E-state index < -0.39 is 10.0 Å². The molecule has 0 aliphatic rings. The van der Waals surface area contributed by atoms with Crippen molar-refractivity contribution in [3.05, 3.63) is 30.3 Å². The van der Waals surface area contributed by atoms with Gasteiger partial charge in [0.05, 0.1) is 4.90 Å². The van der Waals surface area contributed by atoms with Crippen molar-refractivity contribution in [3.8, 4) is 0 Å². The van der Waals surface area contributed by atoms with Crippen LogP contribution in [0, 0.1) is 6.07 Å². The van der Waals surface area contributed by atoms with Gasteiger partial charge in [0.1, 0.15) is 0 Å². The summed E-state index contributed by atoms with van der Waals surface area (Å²) in [4.78, 5) is 0.303. The molecule has 0 N–H and O–H groups in total. The molecule has 1 rings (SSSR count). The minimum atomic E-state index is -3.42. The maximum atomic E-state index is 13.0. The fourth-order valence-electron chi connectivity index (χ4n) is 3.17. The van der Waals surface area contributed by atoms with E-state index in [9.17, 15) is 8.42 Å². The quantitative estimate of drug-likeness (QED) is 0.320. The molecule has 0 bridgehead atoms. The zero-order valence-electron chi connectivity index (χ0n) is 16.9. The van der Waals surface area contributed by atoms with E-state index in [0.717, 1.165) is 25.7 Å². The van der Waals surface area contributed by atoms with E-state index in [2.05, 4.69) is 19.9 Å². The number of hydrogen-bond donors (Lipinski definition) is 0. The molecule has 0 aliphatic heterocycles. The minimum absolute atomic E-state index is 0.303. The third-order valence-corrected chi connectivity index (χ3v) is 6.68. The summed E-state index contributed by atoms with van der Waals surface area (Å²) in [6.45, 7) is 5.69. The van der Waals surface area contributed by atoms with Crippen LogP contribution >= 0.6 is 0 Å². The van der Waals surface area contributed by atoms with E-state index in [1.54, 1.807) is 22.5 Å². The molecule has 1 radical (unpaired) electrons. The second-order valence-corrected chi connectivity index (χ2v) is 9.07. The molecule has 0 unspecified atom stereocenters. The minimum Gasteiger partial charge on any atom is -0.207 e. The molecule has 1 aromatic carbocycles. The van der Waals surface area contributed by atoms with Crippen molar-refractivity contribution >= 4 is 10.0 Å². The van der Waals surface area contributed by atoms with Gasteiger partial charge in [0.25, 0.3) is 0 Å². The number of sulfonamides is 1. The first-order valence-corrected chi connectivity index (χ1v) is 12.0. The highest BCUT2D eigenvalue weighted by atomic mass is 32.2. The van der Waals surface area contributed by atoms with Crippen LogP contribution < -0.4 is 0 Å². The van der Waals surface area contributed by atoms with E-state index in [0.29, 0.717) is 18.0 Å². The molecule has 4 heteroatoms. The fourth-order valence-corrected chi connectivity index (χ4v) is 4.65. The van der Waals surface area contributed by atoms with E-state index in [4.69, 9.17) is 0 Å². The maximum Gasteiger partial charge on any atom is 0.243 e. The summed E-state index contributed by atoms with van der Waals surface area (Å²) in [5.41, 5.74) is 0. The van der Waals surface area contributed by atoms with Crippen molar-refractivity contribution in [1.82, 2.24) is 4.31 Å². The van der Waals surface area contributed by atoms with Crippen LogP contribution in [-0.4, -0.2) is 25.8 Å². The highest BCUT2D eigenvalue weighted by Gasteiger charge is 2.23. The van der Waals surface area contributed by atoms with Crippen LogP contribution in [0.4, 0.5) is 0 Å². The van der Waals surface area contributed by atoms with Gasteiger partial charge in [-0.15, -0.1) is 0 Å². The van der Waals surface area contributed by atoms with Gasteiger partial charge < -0.3 is 0 Å². The highest BCUT2D eigenvalue weighted by molar-refractivity contribution is 7.89. The summed E-state index contributed by atoms with van der Waals surface area (Å²) in [6, 6.07) is 9.82. The molecule has 0 atom stereocenters. The number of nitrogens with zero attached hydrogens (tertiary/aromatic N) is 1. The molecule has 3 nitrogen and oxygen atoms in total. The predicted octanol–water partition coefficient (Wildman–Crippen LogP) is 6.20. The monoisotopic (exact) mass is 380 g/mol. The predicted molar refractivity (Wildman–Crippen MR) is 111 cm³/mol. The molecular formula is C22H38NO2S. The molecule has 0 saturated carbocycles. The Morgan fingerprint density at radius 1 is 0.769 bits per heavy atom. The first kappa shape index (κ1) is 23.2. The molecular weight excluding hydrogens is 342 g/mol. The Labute approximate surface area is 162 Å². The maximum absolute atomic E-state index is 13.0. The lowest BCUT2D eigenvalue weighted by molar-refractivity contribution is 0.383. The second kappa shape index (κ2) is 14.2. The van der Waals surface area contributed by atoms with Crippen LogP contribution in [0.5, 0.6) is 0 Å². The standard InChI is InChI=1S/C22H38NO2S/c1-3-5-7-9-11-16-20-23(21-17-12-10-8-6-4-2)26(24,25)22-18-14-13-15-19-22/h13-15,18H,3-12,16-17,20-21H2,1-2H3. The van der Waals surface area contributed by atoms with Crippen LogP contribution in [0.3, 0.4) is 0 Å². The Balaban J connectivity index is 2.54. The van der Waals surface area contributed by atoms with Gasteiger partial charge in [-0.05, 0) is 18.9 Å². The van der Waals surface area contributed by atoms with Crippen molar-refractivity contribution in [3.63, 3.8) is 0 Å². The first-order valence-electron chi connectivity index (χ1n) is 10.6. The summed E-state index contributed by atoms with van der Waals surface area (Å²) in [5.74, 6) is 0. The molecule has 26 heavy (non-hydrogen) atoms. The van der Waals surface area contributed by atoms with Crippen LogP contribution in [0.2, 0.25) is 0 Å². The van der Waals surface area contributed by atoms with Crippen molar-refractivity contribution in [2.45, 2.75) is 95.8 Å². The normalized spacial score (nSPS) is 12.0. The van der Waals surface area contributed by atoms with Gasteiger partial charge in [-0.1, -0.05) is 96.3 Å². The van der Waals surface area contributed by atoms with Crippen LogP contribution in [0.15, 0.2) is 29.2 Å². The van der Waals surface area contributed by atoms with Gasteiger partial charge in [-0.2, -0.15) is 4.31 Å². The highest BCUT2D eigenvalue weighted by Crippen LogP contribution is 2.18. The summed E-state index contributed by atoms with van der Waals surface area (Å²) < 4.78 is 27.6. The van der Waals surface area contributed by atoms with Crippen LogP contribution in [0.1, 0.15) is 90.9 Å². The average Bonchev–Trinajstić information content (AvgIpc) is 2.66. The van der Waals surface area contributed by atoms with Gasteiger partial charge in [0.2, 0.25) is 10.0 Å². The van der Waals surface area contributed by atoms with Crippen molar-refractivity contribution in [1.29, 1.82) is 0 Å². The largest absolute Gasteiger partial charge is 0.243 e. The molecule has 0 fully saturated rings. The molecule has 0 heterocycles. The summed E-state index contributed by atoms with van der Waals surface area (Å²) in [7, 11) is -3.42. The SMILES string of the molecule is CCCCCCCCN(CCCCCCCC)S(=O)(=O)c1[c]cccc1. The molecule has 0 aliphatic carbocycles. The van der Waals surface area contributed by atoms with E-state index >= 15 is 0 Å². The number of hydrogen-bond acceptors (Lipinski definition) is 2.